The van der Waals surface area contributed by atoms with Crippen molar-refractivity contribution in [3.05, 3.63) is 102 Å². The summed E-state index contributed by atoms with van der Waals surface area (Å²) in [5.41, 5.74) is 1.27. The monoisotopic (exact) mass is 566 g/mol. The number of amides is 1. The van der Waals surface area contributed by atoms with Crippen molar-refractivity contribution < 1.29 is 27.4 Å². The van der Waals surface area contributed by atoms with Crippen molar-refractivity contribution in [1.29, 1.82) is 0 Å². The largest absolute Gasteiger partial charge is 0.497 e. The first-order valence-corrected chi connectivity index (χ1v) is 13.7. The van der Waals surface area contributed by atoms with Gasteiger partial charge in [-0.25, -0.2) is 8.42 Å². The van der Waals surface area contributed by atoms with Gasteiger partial charge in [0.05, 0.1) is 25.6 Å². The smallest absolute Gasteiger partial charge is 0.268 e. The molecule has 10 heteroatoms. The molecule has 39 heavy (non-hydrogen) atoms. The van der Waals surface area contributed by atoms with Crippen LogP contribution in [0.25, 0.3) is 0 Å². The number of carbonyl (C=O) groups is 1. The van der Waals surface area contributed by atoms with Crippen LogP contribution in [0.15, 0.2) is 95.9 Å². The molecule has 0 radical (unpaired) electrons. The number of para-hydroxylation sites is 1. The van der Waals surface area contributed by atoms with Gasteiger partial charge in [0, 0.05) is 5.02 Å². The summed E-state index contributed by atoms with van der Waals surface area (Å²) in [4.78, 5) is 13.3. The van der Waals surface area contributed by atoms with E-state index in [4.69, 9.17) is 25.8 Å². The lowest BCUT2D eigenvalue weighted by molar-refractivity contribution is -0.114. The average Bonchev–Trinajstić information content (AvgIpc) is 2.94. The van der Waals surface area contributed by atoms with Crippen LogP contribution in [-0.4, -0.2) is 35.1 Å². The number of hydrogen-bond acceptors (Lipinski definition) is 6. The van der Waals surface area contributed by atoms with Gasteiger partial charge in [-0.3, -0.25) is 9.10 Å². The van der Waals surface area contributed by atoms with Crippen molar-refractivity contribution in [3.63, 3.8) is 0 Å². The van der Waals surface area contributed by atoms with Gasteiger partial charge < -0.3 is 19.5 Å². The fourth-order valence-electron chi connectivity index (χ4n) is 3.79. The molecule has 0 bridgehead atoms. The van der Waals surface area contributed by atoms with Gasteiger partial charge in [-0.05, 0) is 79.2 Å². The SMILES string of the molecule is COc1ccc(N(CC(=O)Nc2cc(Cl)ccc2Oc2ccccc2)S(=O)(=O)c2cc(C)ccc2OC)cc1. The Morgan fingerprint density at radius 3 is 2.21 bits per heavy atom. The standard InChI is InChI=1S/C29H27ClN2O6S/c1-20-9-15-27(37-3)28(17-20)39(34,35)32(22-11-13-23(36-2)14-12-22)19-29(33)31-25-18-21(30)10-16-26(25)38-24-7-5-4-6-8-24/h4-18H,19H2,1-3H3,(H,31,33). The molecule has 8 nitrogen and oxygen atoms in total. The number of carbonyl (C=O) groups excluding carboxylic acids is 1. The minimum absolute atomic E-state index is 0.0653. The molecule has 0 unspecified atom stereocenters. The Bertz CT molecular complexity index is 1560. The number of halogens is 1. The first kappa shape index (κ1) is 27.8. The molecular formula is C29H27ClN2O6S. The second-order valence-corrected chi connectivity index (χ2v) is 10.7. The normalized spacial score (nSPS) is 11.0. The second kappa shape index (κ2) is 12.1. The Morgan fingerprint density at radius 1 is 0.846 bits per heavy atom. The fourth-order valence-corrected chi connectivity index (χ4v) is 5.63. The summed E-state index contributed by atoms with van der Waals surface area (Å²) in [5, 5.41) is 3.12. The quantitative estimate of drug-likeness (QED) is 0.242. The highest BCUT2D eigenvalue weighted by Crippen LogP contribution is 2.34. The van der Waals surface area contributed by atoms with E-state index in [0.717, 1.165) is 9.87 Å². The Hall–Kier alpha value is -4.21. The molecule has 0 saturated carbocycles. The zero-order valence-electron chi connectivity index (χ0n) is 21.6. The highest BCUT2D eigenvalue weighted by Gasteiger charge is 2.30. The van der Waals surface area contributed by atoms with Crippen molar-refractivity contribution in [2.75, 3.05) is 30.4 Å². The van der Waals surface area contributed by atoms with Gasteiger partial charge in [0.2, 0.25) is 5.91 Å². The van der Waals surface area contributed by atoms with Crippen molar-refractivity contribution in [2.24, 2.45) is 0 Å². The third kappa shape index (κ3) is 6.63. The number of methoxy groups -OCH3 is 2. The van der Waals surface area contributed by atoms with Crippen molar-refractivity contribution >= 4 is 38.9 Å². The molecule has 4 aromatic carbocycles. The number of nitrogens with one attached hydrogen (secondary N) is 1. The van der Waals surface area contributed by atoms with Gasteiger partial charge in [0.25, 0.3) is 10.0 Å². The zero-order valence-corrected chi connectivity index (χ0v) is 23.1. The maximum Gasteiger partial charge on any atom is 0.268 e. The predicted octanol–water partition coefficient (Wildman–Crippen LogP) is 6.29. The molecule has 1 amide bonds. The van der Waals surface area contributed by atoms with Crippen LogP contribution >= 0.6 is 11.6 Å². The molecule has 4 aromatic rings. The summed E-state index contributed by atoms with van der Waals surface area (Å²) in [6.07, 6.45) is 0. The lowest BCUT2D eigenvalue weighted by atomic mass is 10.2. The van der Waals surface area contributed by atoms with Gasteiger partial charge >= 0.3 is 0 Å². The minimum Gasteiger partial charge on any atom is -0.497 e. The van der Waals surface area contributed by atoms with E-state index in [1.54, 1.807) is 67.6 Å². The molecule has 0 aliphatic rings. The van der Waals surface area contributed by atoms with E-state index in [0.29, 0.717) is 22.3 Å². The van der Waals surface area contributed by atoms with Crippen LogP contribution in [0, 0.1) is 6.92 Å². The maximum absolute atomic E-state index is 14.0. The number of benzene rings is 4. The highest BCUT2D eigenvalue weighted by atomic mass is 35.5. The van der Waals surface area contributed by atoms with Crippen LogP contribution in [-0.2, 0) is 14.8 Å². The third-order valence-corrected chi connectivity index (χ3v) is 7.75. The van der Waals surface area contributed by atoms with Gasteiger partial charge in [-0.1, -0.05) is 35.9 Å². The van der Waals surface area contributed by atoms with E-state index in [-0.39, 0.29) is 22.0 Å². The van der Waals surface area contributed by atoms with Gasteiger partial charge in [0.15, 0.2) is 5.75 Å². The predicted molar refractivity (Wildman–Crippen MR) is 152 cm³/mol. The number of aryl methyl sites for hydroxylation is 1. The summed E-state index contributed by atoms with van der Waals surface area (Å²) in [7, 11) is -1.34. The summed E-state index contributed by atoms with van der Waals surface area (Å²) >= 11 is 6.20. The lowest BCUT2D eigenvalue weighted by Gasteiger charge is -2.25. The minimum atomic E-state index is -4.24. The van der Waals surface area contributed by atoms with Gasteiger partial charge in [0.1, 0.15) is 28.7 Å². The van der Waals surface area contributed by atoms with Crippen molar-refractivity contribution in [3.8, 4) is 23.0 Å². The number of anilines is 2. The number of sulfonamides is 1. The molecule has 0 fully saturated rings. The first-order chi connectivity index (χ1) is 18.7. The summed E-state index contributed by atoms with van der Waals surface area (Å²) in [6.45, 7) is 1.24. The summed E-state index contributed by atoms with van der Waals surface area (Å²) in [5.74, 6) is 0.992. The first-order valence-electron chi connectivity index (χ1n) is 11.8. The summed E-state index contributed by atoms with van der Waals surface area (Å²) < 4.78 is 45.4. The maximum atomic E-state index is 14.0. The molecule has 0 aliphatic heterocycles. The number of rotatable bonds is 10. The second-order valence-electron chi connectivity index (χ2n) is 8.47. The molecule has 0 saturated heterocycles. The molecule has 1 N–H and O–H groups in total. The Morgan fingerprint density at radius 2 is 1.54 bits per heavy atom. The third-order valence-electron chi connectivity index (χ3n) is 5.72. The highest BCUT2D eigenvalue weighted by molar-refractivity contribution is 7.93. The lowest BCUT2D eigenvalue weighted by Crippen LogP contribution is -2.38. The molecule has 0 atom stereocenters. The van der Waals surface area contributed by atoms with Gasteiger partial charge in [-0.15, -0.1) is 0 Å². The van der Waals surface area contributed by atoms with Crippen LogP contribution in [0.5, 0.6) is 23.0 Å². The van der Waals surface area contributed by atoms with Crippen LogP contribution < -0.4 is 23.8 Å². The van der Waals surface area contributed by atoms with Crippen LogP contribution in [0.2, 0.25) is 5.02 Å². The van der Waals surface area contributed by atoms with E-state index >= 15 is 0 Å². The Balaban J connectivity index is 1.69. The van der Waals surface area contributed by atoms with E-state index in [1.807, 2.05) is 18.2 Å². The van der Waals surface area contributed by atoms with Crippen molar-refractivity contribution in [1.82, 2.24) is 0 Å². The van der Waals surface area contributed by atoms with Gasteiger partial charge in [-0.2, -0.15) is 0 Å². The summed E-state index contributed by atoms with van der Waals surface area (Å²) in [6, 6.07) is 25.0. The van der Waals surface area contributed by atoms with E-state index in [9.17, 15) is 13.2 Å². The molecular weight excluding hydrogens is 540 g/mol. The molecule has 0 aromatic heterocycles. The fraction of sp³-hybridized carbons (Fsp3) is 0.138. The van der Waals surface area contributed by atoms with Crippen molar-refractivity contribution in [2.45, 2.75) is 11.8 Å². The van der Waals surface area contributed by atoms with Crippen LogP contribution in [0.4, 0.5) is 11.4 Å². The average molecular weight is 567 g/mol. The molecule has 0 heterocycles. The zero-order chi connectivity index (χ0) is 28.0. The number of nitrogens with zero attached hydrogens (tertiary/aromatic N) is 1. The molecule has 202 valence electrons. The van der Waals surface area contributed by atoms with Crippen LogP contribution in [0.1, 0.15) is 5.56 Å². The van der Waals surface area contributed by atoms with E-state index in [2.05, 4.69) is 5.32 Å². The number of ether oxygens (including phenoxy) is 3. The van der Waals surface area contributed by atoms with Crippen LogP contribution in [0.3, 0.4) is 0 Å². The molecule has 0 aliphatic carbocycles. The Labute approximate surface area is 232 Å². The van der Waals surface area contributed by atoms with E-state index < -0.39 is 22.5 Å². The molecule has 4 rings (SSSR count). The molecule has 0 spiro atoms. The number of hydrogen-bond donors (Lipinski definition) is 1. The Kier molecular flexibility index (Phi) is 8.63. The topological polar surface area (TPSA) is 94.2 Å². The van der Waals surface area contributed by atoms with E-state index in [1.165, 1.54) is 26.4 Å².